The van der Waals surface area contributed by atoms with Crippen molar-refractivity contribution < 1.29 is 8.42 Å². The Morgan fingerprint density at radius 3 is 2.35 bits per heavy atom. The van der Waals surface area contributed by atoms with Crippen molar-refractivity contribution in [3.8, 4) is 0 Å². The predicted octanol–water partition coefficient (Wildman–Crippen LogP) is 4.24. The van der Waals surface area contributed by atoms with Crippen LogP contribution in [-0.2, 0) is 15.3 Å². The van der Waals surface area contributed by atoms with E-state index in [0.29, 0.717) is 11.5 Å². The fraction of sp³-hybridized carbons (Fsp3) is 0.625. The molecule has 1 saturated heterocycles. The maximum atomic E-state index is 11.6. The first-order valence-corrected chi connectivity index (χ1v) is 9.94. The minimum absolute atomic E-state index is 0.138. The fourth-order valence-corrected chi connectivity index (χ4v) is 5.49. The second kappa shape index (κ2) is 5.80. The van der Waals surface area contributed by atoms with Gasteiger partial charge in [0.2, 0.25) is 0 Å². The van der Waals surface area contributed by atoms with E-state index < -0.39 is 9.84 Å². The Kier molecular flexibility index (Phi) is 4.65. The Bertz CT molecular complexity index is 561. The molecule has 0 radical (unpaired) electrons. The molecule has 112 valence electrons. The van der Waals surface area contributed by atoms with Gasteiger partial charge in [0, 0.05) is 4.83 Å². The molecular formula is C16H23BrO2S. The van der Waals surface area contributed by atoms with Gasteiger partial charge in [-0.05, 0) is 35.3 Å². The molecule has 0 saturated carbocycles. The Hall–Kier alpha value is -0.350. The molecule has 2 rings (SSSR count). The number of sulfone groups is 1. The van der Waals surface area contributed by atoms with E-state index in [0.717, 1.165) is 12.8 Å². The molecule has 1 fully saturated rings. The van der Waals surface area contributed by atoms with Crippen molar-refractivity contribution in [2.75, 3.05) is 11.5 Å². The van der Waals surface area contributed by atoms with Gasteiger partial charge in [-0.1, -0.05) is 61.0 Å². The molecule has 1 aromatic rings. The summed E-state index contributed by atoms with van der Waals surface area (Å²) in [6.45, 7) is 6.69. The summed E-state index contributed by atoms with van der Waals surface area (Å²) in [5.74, 6) is 0.844. The van der Waals surface area contributed by atoms with Crippen LogP contribution >= 0.6 is 15.9 Å². The summed E-state index contributed by atoms with van der Waals surface area (Å²) >= 11 is 3.69. The highest BCUT2D eigenvalue weighted by Gasteiger charge is 2.33. The van der Waals surface area contributed by atoms with E-state index >= 15 is 0 Å². The highest BCUT2D eigenvalue weighted by atomic mass is 79.9. The highest BCUT2D eigenvalue weighted by molar-refractivity contribution is 9.09. The Balaban J connectivity index is 2.14. The molecule has 1 aliphatic rings. The van der Waals surface area contributed by atoms with Gasteiger partial charge in [0.15, 0.2) is 9.84 Å². The molecule has 0 amide bonds. The zero-order valence-electron chi connectivity index (χ0n) is 12.4. The molecule has 0 bridgehead atoms. The molecule has 1 aliphatic heterocycles. The van der Waals surface area contributed by atoms with Crippen molar-refractivity contribution in [3.05, 3.63) is 35.4 Å². The summed E-state index contributed by atoms with van der Waals surface area (Å²) in [5, 5.41) is 0. The minimum atomic E-state index is -2.81. The van der Waals surface area contributed by atoms with Gasteiger partial charge in [-0.25, -0.2) is 8.42 Å². The van der Waals surface area contributed by atoms with Crippen LogP contribution in [0.5, 0.6) is 0 Å². The first-order chi connectivity index (χ1) is 9.25. The molecule has 0 aromatic heterocycles. The number of halogens is 1. The lowest BCUT2D eigenvalue weighted by Gasteiger charge is -2.24. The normalized spacial score (nSPS) is 23.7. The second-order valence-electron chi connectivity index (χ2n) is 6.42. The number of alkyl halides is 1. The van der Waals surface area contributed by atoms with E-state index in [1.807, 2.05) is 0 Å². The van der Waals surface area contributed by atoms with Gasteiger partial charge in [0.05, 0.1) is 11.5 Å². The largest absolute Gasteiger partial charge is 0.229 e. The van der Waals surface area contributed by atoms with E-state index in [-0.39, 0.29) is 16.2 Å². The van der Waals surface area contributed by atoms with E-state index in [4.69, 9.17) is 0 Å². The predicted molar refractivity (Wildman–Crippen MR) is 88.2 cm³/mol. The number of benzene rings is 1. The van der Waals surface area contributed by atoms with Crippen molar-refractivity contribution in [1.29, 1.82) is 0 Å². The average molecular weight is 359 g/mol. The highest BCUT2D eigenvalue weighted by Crippen LogP contribution is 2.38. The fourth-order valence-electron chi connectivity index (χ4n) is 2.65. The minimum Gasteiger partial charge on any atom is -0.229 e. The molecule has 20 heavy (non-hydrogen) atoms. The summed E-state index contributed by atoms with van der Waals surface area (Å²) in [5.41, 5.74) is 2.71. The molecule has 0 N–H and O–H groups in total. The maximum Gasteiger partial charge on any atom is 0.150 e. The Morgan fingerprint density at radius 1 is 1.30 bits per heavy atom. The molecule has 2 unspecified atom stereocenters. The van der Waals surface area contributed by atoms with Gasteiger partial charge in [0.25, 0.3) is 0 Å². The Labute approximate surface area is 131 Å². The topological polar surface area (TPSA) is 34.1 Å². The summed E-state index contributed by atoms with van der Waals surface area (Å²) in [7, 11) is -2.81. The zero-order valence-corrected chi connectivity index (χ0v) is 14.8. The van der Waals surface area contributed by atoms with Crippen molar-refractivity contribution in [3.63, 3.8) is 0 Å². The summed E-state index contributed by atoms with van der Waals surface area (Å²) < 4.78 is 23.2. The van der Waals surface area contributed by atoms with Crippen LogP contribution in [0, 0.1) is 5.92 Å². The van der Waals surface area contributed by atoms with Crippen LogP contribution in [-0.4, -0.2) is 19.9 Å². The van der Waals surface area contributed by atoms with Crippen molar-refractivity contribution in [2.45, 2.75) is 43.9 Å². The summed E-state index contributed by atoms with van der Waals surface area (Å²) in [4.78, 5) is 0.138. The smallest absolute Gasteiger partial charge is 0.150 e. The monoisotopic (exact) mass is 358 g/mol. The zero-order chi connectivity index (χ0) is 15.0. The van der Waals surface area contributed by atoms with E-state index in [1.165, 1.54) is 11.1 Å². The number of hydrogen-bond acceptors (Lipinski definition) is 2. The first-order valence-electron chi connectivity index (χ1n) is 7.20. The van der Waals surface area contributed by atoms with E-state index in [9.17, 15) is 8.42 Å². The molecule has 0 aliphatic carbocycles. The van der Waals surface area contributed by atoms with Gasteiger partial charge in [-0.15, -0.1) is 0 Å². The van der Waals surface area contributed by atoms with E-state index in [1.54, 1.807) is 0 Å². The van der Waals surface area contributed by atoms with Crippen LogP contribution in [0.25, 0.3) is 0 Å². The third-order valence-corrected chi connectivity index (χ3v) is 7.65. The van der Waals surface area contributed by atoms with Crippen molar-refractivity contribution >= 4 is 25.8 Å². The van der Waals surface area contributed by atoms with Crippen molar-refractivity contribution in [1.82, 2.24) is 0 Å². The van der Waals surface area contributed by atoms with Crippen LogP contribution in [0.4, 0.5) is 0 Å². The third-order valence-electron chi connectivity index (χ3n) is 4.58. The van der Waals surface area contributed by atoms with Crippen LogP contribution in [0.2, 0.25) is 0 Å². The lowest BCUT2D eigenvalue weighted by Crippen LogP contribution is -2.15. The van der Waals surface area contributed by atoms with Gasteiger partial charge in [-0.3, -0.25) is 0 Å². The quantitative estimate of drug-likeness (QED) is 0.754. The second-order valence-corrected chi connectivity index (χ2v) is 9.64. The maximum absolute atomic E-state index is 11.6. The standard InChI is InChI=1S/C16H23BrO2S/c1-4-16(2,3)14-7-5-12(6-8-14)15(17)13-9-10-20(18,19)11-13/h5-8,13,15H,4,9-11H2,1-3H3. The Morgan fingerprint density at radius 2 is 1.90 bits per heavy atom. The molecule has 2 nitrogen and oxygen atoms in total. The SMILES string of the molecule is CCC(C)(C)c1ccc(C(Br)C2CCS(=O)(=O)C2)cc1. The van der Waals surface area contributed by atoms with E-state index in [2.05, 4.69) is 61.0 Å². The summed E-state index contributed by atoms with van der Waals surface area (Å²) in [6.07, 6.45) is 1.87. The van der Waals surface area contributed by atoms with Crippen LogP contribution in [0.1, 0.15) is 49.6 Å². The molecule has 4 heteroatoms. The van der Waals surface area contributed by atoms with Gasteiger partial charge in [0.1, 0.15) is 0 Å². The molecule has 0 spiro atoms. The van der Waals surface area contributed by atoms with Crippen LogP contribution in [0.15, 0.2) is 24.3 Å². The molecular weight excluding hydrogens is 336 g/mol. The average Bonchev–Trinajstić information content (AvgIpc) is 2.78. The van der Waals surface area contributed by atoms with Gasteiger partial charge >= 0.3 is 0 Å². The van der Waals surface area contributed by atoms with Crippen molar-refractivity contribution in [2.24, 2.45) is 5.92 Å². The van der Waals surface area contributed by atoms with Gasteiger partial charge in [-0.2, -0.15) is 0 Å². The lowest BCUT2D eigenvalue weighted by atomic mass is 9.81. The van der Waals surface area contributed by atoms with Gasteiger partial charge < -0.3 is 0 Å². The van der Waals surface area contributed by atoms with Crippen LogP contribution < -0.4 is 0 Å². The summed E-state index contributed by atoms with van der Waals surface area (Å²) in [6, 6.07) is 8.63. The first kappa shape index (κ1) is 16.0. The molecule has 2 atom stereocenters. The van der Waals surface area contributed by atoms with Crippen LogP contribution in [0.3, 0.4) is 0 Å². The lowest BCUT2D eigenvalue weighted by molar-refractivity contribution is 0.505. The molecule has 1 heterocycles. The number of rotatable bonds is 4. The molecule has 1 aromatic carbocycles. The third kappa shape index (κ3) is 3.45. The number of hydrogen-bond donors (Lipinski definition) is 0.